The maximum absolute atomic E-state index is 12.5. The molecule has 3 nitrogen and oxygen atoms in total. The van der Waals surface area contributed by atoms with Gasteiger partial charge in [0.25, 0.3) is 0 Å². The van der Waals surface area contributed by atoms with Crippen LogP contribution in [0.2, 0.25) is 0 Å². The van der Waals surface area contributed by atoms with E-state index in [1.54, 1.807) is 12.1 Å². The van der Waals surface area contributed by atoms with E-state index in [0.717, 1.165) is 0 Å². The summed E-state index contributed by atoms with van der Waals surface area (Å²) in [4.78, 5) is 25.0. The molecule has 2 aliphatic carbocycles. The number of phenols is 1. The lowest BCUT2D eigenvalue weighted by molar-refractivity contribution is 0.0718. The highest BCUT2D eigenvalue weighted by molar-refractivity contribution is 6.17. The molecule has 0 fully saturated rings. The van der Waals surface area contributed by atoms with E-state index in [4.69, 9.17) is 0 Å². The van der Waals surface area contributed by atoms with Gasteiger partial charge in [-0.15, -0.1) is 0 Å². The molecular formula is C16H16O3. The molecule has 0 unspecified atom stereocenters. The van der Waals surface area contributed by atoms with E-state index < -0.39 is 0 Å². The number of aromatic hydroxyl groups is 1. The summed E-state index contributed by atoms with van der Waals surface area (Å²) in [5.74, 6) is -0.687. The van der Waals surface area contributed by atoms with Crippen LogP contribution in [0.15, 0.2) is 29.3 Å². The number of carbonyl (C=O) groups is 2. The van der Waals surface area contributed by atoms with Crippen LogP contribution in [0.1, 0.15) is 47.4 Å². The minimum Gasteiger partial charge on any atom is -0.507 e. The van der Waals surface area contributed by atoms with Crippen molar-refractivity contribution in [1.29, 1.82) is 0 Å². The van der Waals surface area contributed by atoms with Crippen molar-refractivity contribution in [3.8, 4) is 5.75 Å². The summed E-state index contributed by atoms with van der Waals surface area (Å²) in [5.41, 5.74) is 3.02. The van der Waals surface area contributed by atoms with Crippen molar-refractivity contribution in [2.24, 2.45) is 11.8 Å². The number of carbonyl (C=O) groups excluding carboxylic acids is 2. The fraction of sp³-hybridized carbons (Fsp3) is 0.375. The van der Waals surface area contributed by atoms with Gasteiger partial charge in [0.1, 0.15) is 5.75 Å². The standard InChI is InChI=1S/C16H16O3/c1-8-6-11-12(7-9(8)2)16(19)14-10(15(11)18)4-3-5-13(14)17/h3-5,11-12,17H,6-7H2,1-2H3/t11-,12+/m0/s1. The van der Waals surface area contributed by atoms with E-state index >= 15 is 0 Å². The second kappa shape index (κ2) is 4.05. The van der Waals surface area contributed by atoms with Gasteiger partial charge >= 0.3 is 0 Å². The summed E-state index contributed by atoms with van der Waals surface area (Å²) < 4.78 is 0. The first-order valence-electron chi connectivity index (χ1n) is 6.56. The Labute approximate surface area is 111 Å². The van der Waals surface area contributed by atoms with Crippen LogP contribution in [0.25, 0.3) is 0 Å². The maximum atomic E-state index is 12.5. The van der Waals surface area contributed by atoms with Gasteiger partial charge in [0.15, 0.2) is 11.6 Å². The third-order valence-electron chi connectivity index (χ3n) is 4.49. The van der Waals surface area contributed by atoms with E-state index in [-0.39, 0.29) is 34.7 Å². The number of benzene rings is 1. The van der Waals surface area contributed by atoms with E-state index in [2.05, 4.69) is 0 Å². The van der Waals surface area contributed by atoms with Crippen molar-refractivity contribution in [2.75, 3.05) is 0 Å². The zero-order chi connectivity index (χ0) is 13.7. The van der Waals surface area contributed by atoms with Gasteiger partial charge in [-0.3, -0.25) is 9.59 Å². The first-order chi connectivity index (χ1) is 9.00. The van der Waals surface area contributed by atoms with Gasteiger partial charge in [0.2, 0.25) is 0 Å². The molecule has 2 atom stereocenters. The van der Waals surface area contributed by atoms with Crippen molar-refractivity contribution < 1.29 is 14.7 Å². The molecule has 0 aromatic heterocycles. The zero-order valence-corrected chi connectivity index (χ0v) is 11.1. The number of phenolic OH excluding ortho intramolecular Hbond substituents is 1. The number of hydrogen-bond acceptors (Lipinski definition) is 3. The fourth-order valence-corrected chi connectivity index (χ4v) is 3.23. The minimum absolute atomic E-state index is 0.00218. The number of allylic oxidation sites excluding steroid dienone is 2. The molecule has 1 aromatic carbocycles. The Balaban J connectivity index is 2.16. The summed E-state index contributed by atoms with van der Waals surface area (Å²) in [6, 6.07) is 4.74. The monoisotopic (exact) mass is 256 g/mol. The topological polar surface area (TPSA) is 54.4 Å². The molecule has 1 aromatic rings. The molecular weight excluding hydrogens is 240 g/mol. The number of ketones is 2. The molecule has 3 heteroatoms. The molecule has 0 saturated carbocycles. The summed E-state index contributed by atoms with van der Waals surface area (Å²) in [6.45, 7) is 4.05. The minimum atomic E-state index is -0.294. The van der Waals surface area contributed by atoms with Crippen LogP contribution in [-0.2, 0) is 0 Å². The van der Waals surface area contributed by atoms with Crippen molar-refractivity contribution in [3.63, 3.8) is 0 Å². The number of fused-ring (bicyclic) bond motifs is 2. The SMILES string of the molecule is CC1=C(C)C[C@H]2C(=O)c3c(O)cccc3C(=O)[C@H]2C1. The average molecular weight is 256 g/mol. The van der Waals surface area contributed by atoms with Gasteiger partial charge < -0.3 is 5.11 Å². The highest BCUT2D eigenvalue weighted by Crippen LogP contribution is 2.43. The number of Topliss-reactive ketones (excluding diaryl/α,β-unsaturated/α-hetero) is 2. The Hall–Kier alpha value is -1.90. The van der Waals surface area contributed by atoms with Crippen LogP contribution in [0.3, 0.4) is 0 Å². The second-order valence-electron chi connectivity index (χ2n) is 5.61. The van der Waals surface area contributed by atoms with E-state index in [1.807, 2.05) is 13.8 Å². The van der Waals surface area contributed by atoms with Gasteiger partial charge in [0.05, 0.1) is 5.56 Å². The van der Waals surface area contributed by atoms with Gasteiger partial charge in [-0.05, 0) is 32.8 Å². The molecule has 98 valence electrons. The van der Waals surface area contributed by atoms with Crippen LogP contribution < -0.4 is 0 Å². The summed E-state index contributed by atoms with van der Waals surface area (Å²) >= 11 is 0. The van der Waals surface area contributed by atoms with Crippen LogP contribution >= 0.6 is 0 Å². The van der Waals surface area contributed by atoms with E-state index in [1.165, 1.54) is 17.2 Å². The lowest BCUT2D eigenvalue weighted by atomic mass is 9.66. The Morgan fingerprint density at radius 2 is 1.58 bits per heavy atom. The highest BCUT2D eigenvalue weighted by atomic mass is 16.3. The lowest BCUT2D eigenvalue weighted by Crippen LogP contribution is -2.38. The summed E-state index contributed by atoms with van der Waals surface area (Å²) in [5, 5.41) is 9.87. The van der Waals surface area contributed by atoms with Crippen LogP contribution in [0.5, 0.6) is 5.75 Å². The average Bonchev–Trinajstić information content (AvgIpc) is 2.38. The van der Waals surface area contributed by atoms with Crippen LogP contribution in [-0.4, -0.2) is 16.7 Å². The highest BCUT2D eigenvalue weighted by Gasteiger charge is 2.44. The van der Waals surface area contributed by atoms with Crippen molar-refractivity contribution >= 4 is 11.6 Å². The predicted molar refractivity (Wildman–Crippen MR) is 71.4 cm³/mol. The summed E-state index contributed by atoms with van der Waals surface area (Å²) in [6.07, 6.45) is 1.30. The number of hydrogen-bond donors (Lipinski definition) is 1. The van der Waals surface area contributed by atoms with Crippen molar-refractivity contribution in [3.05, 3.63) is 40.5 Å². The van der Waals surface area contributed by atoms with Crippen molar-refractivity contribution in [2.45, 2.75) is 26.7 Å². The second-order valence-corrected chi connectivity index (χ2v) is 5.61. The largest absolute Gasteiger partial charge is 0.507 e. The summed E-state index contributed by atoms with van der Waals surface area (Å²) in [7, 11) is 0. The molecule has 3 rings (SSSR count). The Kier molecular flexibility index (Phi) is 2.59. The predicted octanol–water partition coefficient (Wildman–Crippen LogP) is 3.13. The van der Waals surface area contributed by atoms with Gasteiger partial charge in [0, 0.05) is 17.4 Å². The van der Waals surface area contributed by atoms with Crippen molar-refractivity contribution in [1.82, 2.24) is 0 Å². The third kappa shape index (κ3) is 1.65. The Bertz CT molecular complexity index is 625. The lowest BCUT2D eigenvalue weighted by Gasteiger charge is -2.35. The van der Waals surface area contributed by atoms with E-state index in [0.29, 0.717) is 18.4 Å². The molecule has 19 heavy (non-hydrogen) atoms. The fourth-order valence-electron chi connectivity index (χ4n) is 3.23. The molecule has 0 radical (unpaired) electrons. The van der Waals surface area contributed by atoms with Crippen LogP contribution in [0, 0.1) is 11.8 Å². The molecule has 0 heterocycles. The first kappa shape index (κ1) is 12.2. The normalized spacial score (nSPS) is 26.2. The molecule has 0 aliphatic heterocycles. The van der Waals surface area contributed by atoms with E-state index in [9.17, 15) is 14.7 Å². The van der Waals surface area contributed by atoms with Gasteiger partial charge in [-0.2, -0.15) is 0 Å². The molecule has 0 saturated heterocycles. The quantitative estimate of drug-likeness (QED) is 0.725. The maximum Gasteiger partial charge on any atom is 0.171 e. The molecule has 2 aliphatic rings. The molecule has 0 bridgehead atoms. The smallest absolute Gasteiger partial charge is 0.171 e. The van der Waals surface area contributed by atoms with Crippen LogP contribution in [0.4, 0.5) is 0 Å². The molecule has 0 spiro atoms. The zero-order valence-electron chi connectivity index (χ0n) is 11.1. The Morgan fingerprint density at radius 1 is 1.00 bits per heavy atom. The Morgan fingerprint density at radius 3 is 2.21 bits per heavy atom. The first-order valence-corrected chi connectivity index (χ1v) is 6.56. The molecule has 0 amide bonds. The van der Waals surface area contributed by atoms with Gasteiger partial charge in [-0.25, -0.2) is 0 Å². The molecule has 1 N–H and O–H groups in total. The van der Waals surface area contributed by atoms with Gasteiger partial charge in [-0.1, -0.05) is 23.3 Å². The third-order valence-corrected chi connectivity index (χ3v) is 4.49. The number of rotatable bonds is 0.